The maximum atomic E-state index is 12.9. The first-order chi connectivity index (χ1) is 41.5. The number of rotatable bonds is 66. The van der Waals surface area contributed by atoms with Crippen LogP contribution in [0.25, 0.3) is 0 Å². The molecule has 0 saturated heterocycles. The number of carbonyl (C=O) groups excluding carboxylic acids is 2. The largest absolute Gasteiger partial charge is 0.756 e. The molecule has 0 aliphatic rings. The summed E-state index contributed by atoms with van der Waals surface area (Å²) in [7, 11) is 1.16. The number of ether oxygens (including phenoxy) is 2. The van der Waals surface area contributed by atoms with Crippen LogP contribution in [0.3, 0.4) is 0 Å². The molecule has 0 aromatic rings. The molecular formula is C75H136NO8P. The molecule has 85 heavy (non-hydrogen) atoms. The zero-order valence-electron chi connectivity index (χ0n) is 56.3. The van der Waals surface area contributed by atoms with Crippen LogP contribution in [0.4, 0.5) is 0 Å². The number of nitrogens with zero attached hydrogens (tertiary/aromatic N) is 1. The predicted octanol–water partition coefficient (Wildman–Crippen LogP) is 22.7. The highest BCUT2D eigenvalue weighted by Gasteiger charge is 2.22. The summed E-state index contributed by atoms with van der Waals surface area (Å²) in [5.41, 5.74) is 0. The summed E-state index contributed by atoms with van der Waals surface area (Å²) in [5, 5.41) is 0. The van der Waals surface area contributed by atoms with Crippen molar-refractivity contribution >= 4 is 19.8 Å². The van der Waals surface area contributed by atoms with Gasteiger partial charge in [0.15, 0.2) is 6.10 Å². The van der Waals surface area contributed by atoms with E-state index in [0.717, 1.165) is 89.9 Å². The number of esters is 2. The van der Waals surface area contributed by atoms with E-state index >= 15 is 0 Å². The molecular weight excluding hydrogens is 1070 g/mol. The molecule has 2 unspecified atom stereocenters. The van der Waals surface area contributed by atoms with Crippen molar-refractivity contribution in [3.05, 3.63) is 85.1 Å². The van der Waals surface area contributed by atoms with E-state index < -0.39 is 26.5 Å². The number of phosphoric acid groups is 1. The van der Waals surface area contributed by atoms with E-state index in [0.29, 0.717) is 17.4 Å². The number of hydrogen-bond acceptors (Lipinski definition) is 8. The fourth-order valence-electron chi connectivity index (χ4n) is 10.2. The van der Waals surface area contributed by atoms with Crippen LogP contribution in [0.2, 0.25) is 0 Å². The molecule has 0 aromatic carbocycles. The van der Waals surface area contributed by atoms with Gasteiger partial charge in [-0.15, -0.1) is 0 Å². The van der Waals surface area contributed by atoms with Crippen molar-refractivity contribution in [1.29, 1.82) is 0 Å². The summed E-state index contributed by atoms with van der Waals surface area (Å²) in [6.07, 6.45) is 89.6. The van der Waals surface area contributed by atoms with Crippen molar-refractivity contribution in [3.63, 3.8) is 0 Å². The van der Waals surface area contributed by atoms with Crippen LogP contribution < -0.4 is 4.89 Å². The van der Waals surface area contributed by atoms with Crippen LogP contribution in [0, 0.1) is 0 Å². The van der Waals surface area contributed by atoms with Crippen LogP contribution in [-0.2, 0) is 32.7 Å². The van der Waals surface area contributed by atoms with Gasteiger partial charge in [0.2, 0.25) is 0 Å². The minimum Gasteiger partial charge on any atom is -0.756 e. The first-order valence-electron chi connectivity index (χ1n) is 35.8. The Hall–Kier alpha value is -2.81. The summed E-state index contributed by atoms with van der Waals surface area (Å²) in [6, 6.07) is 0. The highest BCUT2D eigenvalue weighted by Crippen LogP contribution is 2.38. The SMILES string of the molecule is CC/C=C\C/C=C\C/C=C\C/C=C\C/C=C\C/C=C\C/C=C\CCCCCCCCCC(=O)OC(COC(=O)CCCCCCCCCCCCCCCCCCCCCCCCCCCCCCCCCC)COP(=O)([O-])OCC[N+](C)(C)C. The number of carbonyl (C=O) groups is 2. The molecule has 0 spiro atoms. The zero-order valence-corrected chi connectivity index (χ0v) is 57.2. The number of quaternary nitrogens is 1. The molecule has 2 atom stereocenters. The quantitative estimate of drug-likeness (QED) is 0.0195. The molecule has 0 bridgehead atoms. The first kappa shape index (κ1) is 82.2. The van der Waals surface area contributed by atoms with Crippen molar-refractivity contribution < 1.29 is 42.1 Å². The van der Waals surface area contributed by atoms with Crippen LogP contribution >= 0.6 is 7.82 Å². The third-order valence-electron chi connectivity index (χ3n) is 15.7. The van der Waals surface area contributed by atoms with Crippen molar-refractivity contribution in [2.45, 2.75) is 335 Å². The molecule has 0 radical (unpaired) electrons. The second kappa shape index (κ2) is 65.6. The Bertz CT molecular complexity index is 1710. The van der Waals surface area contributed by atoms with Crippen LogP contribution in [0.5, 0.6) is 0 Å². The smallest absolute Gasteiger partial charge is 0.306 e. The molecule has 0 fully saturated rings. The molecule has 9 nitrogen and oxygen atoms in total. The standard InChI is InChI=1S/C75H136NO8P/c1-6-8-10-12-14-16-18-20-22-24-26-28-30-32-34-36-37-38-40-41-43-45-47-49-51-53-55-57-59-61-63-65-67-74(77)81-71-73(72-83-85(79,80)82-70-69-76(3,4)5)84-75(78)68-66-64-62-60-58-56-54-52-50-48-46-44-42-39-35-33-31-29-27-25-23-21-19-17-15-13-11-9-7-2/h9,11,15,17,21,23,27,29,33,35,42,44,48,50,73H,6-8,10,12-14,16,18-20,22,24-26,28,30-32,34,36-41,43,45-47,49,51-72H2,1-5H3/b11-9-,17-15-,23-21-,29-27-,35-33-,44-42-,50-48-. The van der Waals surface area contributed by atoms with Gasteiger partial charge < -0.3 is 27.9 Å². The van der Waals surface area contributed by atoms with E-state index in [2.05, 4.69) is 98.9 Å². The number of unbranched alkanes of at least 4 members (excludes halogenated alkanes) is 38. The molecule has 0 aliphatic heterocycles. The van der Waals surface area contributed by atoms with Gasteiger partial charge in [-0.2, -0.15) is 0 Å². The average Bonchev–Trinajstić information content (AvgIpc) is 3.50. The lowest BCUT2D eigenvalue weighted by Crippen LogP contribution is -2.37. The van der Waals surface area contributed by atoms with Gasteiger partial charge in [-0.25, -0.2) is 0 Å². The lowest BCUT2D eigenvalue weighted by Gasteiger charge is -2.28. The van der Waals surface area contributed by atoms with Crippen molar-refractivity contribution in [1.82, 2.24) is 0 Å². The summed E-state index contributed by atoms with van der Waals surface area (Å²) < 4.78 is 34.3. The summed E-state index contributed by atoms with van der Waals surface area (Å²) in [6.45, 7) is 4.15. The Kier molecular flexibility index (Phi) is 63.5. The third kappa shape index (κ3) is 70.2. The van der Waals surface area contributed by atoms with E-state index in [1.807, 2.05) is 21.1 Å². The monoisotopic (exact) mass is 1210 g/mol. The molecule has 0 saturated carbocycles. The molecule has 0 aromatic heterocycles. The normalized spacial score (nSPS) is 13.6. The van der Waals surface area contributed by atoms with Gasteiger partial charge in [0.05, 0.1) is 27.7 Å². The van der Waals surface area contributed by atoms with Crippen molar-refractivity contribution in [2.24, 2.45) is 0 Å². The molecule has 0 aliphatic carbocycles. The highest BCUT2D eigenvalue weighted by atomic mass is 31.2. The van der Waals surface area contributed by atoms with E-state index in [1.54, 1.807) is 0 Å². The Labute approximate surface area is 526 Å². The van der Waals surface area contributed by atoms with Crippen molar-refractivity contribution in [2.75, 3.05) is 47.5 Å². The Morgan fingerprint density at radius 2 is 0.671 bits per heavy atom. The van der Waals surface area contributed by atoms with Crippen LogP contribution in [0.1, 0.15) is 328 Å². The van der Waals surface area contributed by atoms with Gasteiger partial charge in [0, 0.05) is 12.8 Å². The van der Waals surface area contributed by atoms with Crippen LogP contribution in [0.15, 0.2) is 85.1 Å². The molecule has 0 amide bonds. The predicted molar refractivity (Wildman–Crippen MR) is 365 cm³/mol. The molecule has 494 valence electrons. The van der Waals surface area contributed by atoms with Gasteiger partial charge in [0.25, 0.3) is 7.82 Å². The molecule has 0 rings (SSSR count). The maximum Gasteiger partial charge on any atom is 0.306 e. The number of hydrogen-bond donors (Lipinski definition) is 0. The van der Waals surface area contributed by atoms with Gasteiger partial charge in [-0.1, -0.05) is 330 Å². The topological polar surface area (TPSA) is 111 Å². The Morgan fingerprint density at radius 3 is 1.00 bits per heavy atom. The lowest BCUT2D eigenvalue weighted by atomic mass is 10.0. The summed E-state index contributed by atoms with van der Waals surface area (Å²) in [4.78, 5) is 38.1. The lowest BCUT2D eigenvalue weighted by molar-refractivity contribution is -0.870. The van der Waals surface area contributed by atoms with Crippen LogP contribution in [-0.4, -0.2) is 70.0 Å². The molecule has 0 N–H and O–H groups in total. The highest BCUT2D eigenvalue weighted by molar-refractivity contribution is 7.45. The van der Waals surface area contributed by atoms with E-state index in [-0.39, 0.29) is 32.0 Å². The number of likely N-dealkylation sites (N-methyl/N-ethyl adjacent to an activating group) is 1. The second-order valence-corrected chi connectivity index (χ2v) is 26.6. The fraction of sp³-hybridized carbons (Fsp3) is 0.787. The van der Waals surface area contributed by atoms with Gasteiger partial charge in [0.1, 0.15) is 19.8 Å². The van der Waals surface area contributed by atoms with E-state index in [4.69, 9.17) is 18.5 Å². The average molecular weight is 1210 g/mol. The number of phosphoric ester groups is 1. The maximum absolute atomic E-state index is 12.9. The van der Waals surface area contributed by atoms with Crippen molar-refractivity contribution in [3.8, 4) is 0 Å². The van der Waals surface area contributed by atoms with E-state index in [1.165, 1.54) is 205 Å². The van der Waals surface area contributed by atoms with Gasteiger partial charge in [-0.05, 0) is 70.6 Å². The minimum absolute atomic E-state index is 0.0355. The minimum atomic E-state index is -4.65. The summed E-state index contributed by atoms with van der Waals surface area (Å²) in [5.74, 6) is -0.837. The zero-order chi connectivity index (χ0) is 61.9. The Balaban J connectivity index is 4.05. The summed E-state index contributed by atoms with van der Waals surface area (Å²) >= 11 is 0. The van der Waals surface area contributed by atoms with Gasteiger partial charge >= 0.3 is 11.9 Å². The fourth-order valence-corrected chi connectivity index (χ4v) is 11.0. The Morgan fingerprint density at radius 1 is 0.376 bits per heavy atom. The first-order valence-corrected chi connectivity index (χ1v) is 37.3. The molecule has 10 heteroatoms. The van der Waals surface area contributed by atoms with Gasteiger partial charge in [-0.3, -0.25) is 14.2 Å². The van der Waals surface area contributed by atoms with E-state index in [9.17, 15) is 19.0 Å². The number of allylic oxidation sites excluding steroid dienone is 14. The molecule has 0 heterocycles. The second-order valence-electron chi connectivity index (χ2n) is 25.2. The third-order valence-corrected chi connectivity index (χ3v) is 16.6.